The average Bonchev–Trinajstić information content (AvgIpc) is 3.90. The number of carbonyl (C=O) groups excluding carboxylic acids is 4. The van der Waals surface area contributed by atoms with Gasteiger partial charge < -0.3 is 23.7 Å². The molecule has 0 saturated carbocycles. The van der Waals surface area contributed by atoms with Crippen molar-refractivity contribution in [1.82, 2.24) is 0 Å². The van der Waals surface area contributed by atoms with Gasteiger partial charge in [-0.05, 0) is 25.7 Å². The molecule has 1 fully saturated rings. The van der Waals surface area contributed by atoms with Crippen molar-refractivity contribution in [2.24, 2.45) is 0 Å². The third kappa shape index (κ3) is 49.0. The lowest BCUT2D eigenvalue weighted by atomic mass is 10.0. The number of hydrogen-bond donors (Lipinski definition) is 0. The molecular formula is C70H132O9. The van der Waals surface area contributed by atoms with E-state index in [2.05, 4.69) is 27.7 Å². The standard InChI is InChI=1S/C70H132O9/c1-5-9-13-17-21-25-29-33-37-41-45-49-53-57-65(71)75-61-63(77-66(72)58-54-50-46-42-38-34-30-26-22-18-14-10-6-2)69-70(79-68(74)60-56-52-48-44-40-36-32-28-24-20-16-12-8-4)64(62-76-69)78-67(73)59-55-51-47-43-39-35-31-27-23-19-15-11-7-3/h63-64,69-70H,5-62H2,1-4H3/t63-,64+,69-,70-/m1/s1. The minimum absolute atomic E-state index is 0.00547. The van der Waals surface area contributed by atoms with Crippen LogP contribution in [0.4, 0.5) is 0 Å². The summed E-state index contributed by atoms with van der Waals surface area (Å²) in [4.78, 5) is 53.9. The van der Waals surface area contributed by atoms with Gasteiger partial charge in [0, 0.05) is 25.7 Å². The fraction of sp³-hybridized carbons (Fsp3) is 0.943. The van der Waals surface area contributed by atoms with Gasteiger partial charge in [-0.15, -0.1) is 0 Å². The van der Waals surface area contributed by atoms with Crippen LogP contribution in [-0.2, 0) is 42.9 Å². The summed E-state index contributed by atoms with van der Waals surface area (Å²) >= 11 is 0. The molecule has 0 amide bonds. The molecule has 0 N–H and O–H groups in total. The third-order valence-electron chi connectivity index (χ3n) is 16.7. The Morgan fingerprint density at radius 1 is 0.316 bits per heavy atom. The lowest BCUT2D eigenvalue weighted by Gasteiger charge is -2.28. The van der Waals surface area contributed by atoms with Gasteiger partial charge in [0.05, 0.1) is 6.61 Å². The predicted octanol–water partition coefficient (Wildman–Crippen LogP) is 21.6. The van der Waals surface area contributed by atoms with Crippen LogP contribution in [-0.4, -0.2) is 61.5 Å². The molecule has 0 aromatic carbocycles. The van der Waals surface area contributed by atoms with Crippen molar-refractivity contribution in [3.63, 3.8) is 0 Å². The van der Waals surface area contributed by atoms with E-state index in [-0.39, 0.29) is 56.4 Å². The van der Waals surface area contributed by atoms with E-state index >= 15 is 0 Å². The van der Waals surface area contributed by atoms with E-state index in [1.807, 2.05) is 0 Å². The first kappa shape index (κ1) is 74.9. The van der Waals surface area contributed by atoms with Gasteiger partial charge in [0.15, 0.2) is 18.3 Å². The normalized spacial score (nSPS) is 15.6. The van der Waals surface area contributed by atoms with E-state index in [9.17, 15) is 19.2 Å². The SMILES string of the molecule is CCCCCCCCCCCCCCCC(=O)OC[C@@H](OC(=O)CCCCCCCCCCCCCCC)[C@H]1OC[C@H](OC(=O)CCCCCCCCCCCCCCC)[C@H]1OC(=O)CCCCCCCCCCCCCCC. The van der Waals surface area contributed by atoms with E-state index in [1.165, 1.54) is 257 Å². The Labute approximate surface area is 489 Å². The van der Waals surface area contributed by atoms with Crippen LogP contribution in [0, 0.1) is 0 Å². The maximum atomic E-state index is 13.6. The second-order valence-corrected chi connectivity index (χ2v) is 24.5. The van der Waals surface area contributed by atoms with Gasteiger partial charge in [-0.1, -0.05) is 336 Å². The number of rotatable bonds is 62. The summed E-state index contributed by atoms with van der Waals surface area (Å²) in [6.07, 6.45) is 60.7. The first-order valence-corrected chi connectivity index (χ1v) is 35.2. The molecule has 1 heterocycles. The highest BCUT2D eigenvalue weighted by molar-refractivity contribution is 5.71. The van der Waals surface area contributed by atoms with Crippen LogP contribution in [0.1, 0.15) is 387 Å². The Bertz CT molecular complexity index is 1340. The van der Waals surface area contributed by atoms with Gasteiger partial charge in [0.25, 0.3) is 0 Å². The van der Waals surface area contributed by atoms with Crippen molar-refractivity contribution in [3.8, 4) is 0 Å². The summed E-state index contributed by atoms with van der Waals surface area (Å²) < 4.78 is 30.6. The molecule has 1 aliphatic rings. The molecular weight excluding hydrogens is 985 g/mol. The Morgan fingerprint density at radius 2 is 0.557 bits per heavy atom. The van der Waals surface area contributed by atoms with Crippen LogP contribution >= 0.6 is 0 Å². The number of esters is 4. The van der Waals surface area contributed by atoms with Crippen molar-refractivity contribution in [2.45, 2.75) is 412 Å². The molecule has 0 spiro atoms. The largest absolute Gasteiger partial charge is 0.462 e. The van der Waals surface area contributed by atoms with Gasteiger partial charge in [0.2, 0.25) is 0 Å². The maximum absolute atomic E-state index is 13.6. The number of ether oxygens (including phenoxy) is 5. The minimum Gasteiger partial charge on any atom is -0.462 e. The number of carbonyl (C=O) groups is 4. The molecule has 1 rings (SSSR count). The van der Waals surface area contributed by atoms with E-state index in [4.69, 9.17) is 23.7 Å². The van der Waals surface area contributed by atoms with Gasteiger partial charge in [-0.3, -0.25) is 19.2 Å². The Hall–Kier alpha value is -2.16. The van der Waals surface area contributed by atoms with Crippen molar-refractivity contribution in [3.05, 3.63) is 0 Å². The van der Waals surface area contributed by atoms with Gasteiger partial charge in [-0.2, -0.15) is 0 Å². The van der Waals surface area contributed by atoms with Crippen LogP contribution < -0.4 is 0 Å². The first-order chi connectivity index (χ1) is 38.9. The van der Waals surface area contributed by atoms with Crippen LogP contribution in [0.25, 0.3) is 0 Å². The second kappa shape index (κ2) is 59.0. The lowest BCUT2D eigenvalue weighted by molar-refractivity contribution is -0.179. The van der Waals surface area contributed by atoms with Gasteiger partial charge >= 0.3 is 23.9 Å². The molecule has 1 saturated heterocycles. The second-order valence-electron chi connectivity index (χ2n) is 24.5. The van der Waals surface area contributed by atoms with E-state index in [0.717, 1.165) is 64.2 Å². The highest BCUT2D eigenvalue weighted by atomic mass is 16.7. The van der Waals surface area contributed by atoms with Crippen LogP contribution in [0.2, 0.25) is 0 Å². The smallest absolute Gasteiger partial charge is 0.306 e. The molecule has 1 aliphatic heterocycles. The lowest BCUT2D eigenvalue weighted by Crippen LogP contribution is -2.47. The zero-order chi connectivity index (χ0) is 57.2. The Morgan fingerprint density at radius 3 is 0.848 bits per heavy atom. The Kier molecular flexibility index (Phi) is 55.9. The predicted molar refractivity (Wildman–Crippen MR) is 332 cm³/mol. The highest BCUT2D eigenvalue weighted by Gasteiger charge is 2.48. The van der Waals surface area contributed by atoms with Crippen molar-refractivity contribution >= 4 is 23.9 Å². The van der Waals surface area contributed by atoms with Crippen LogP contribution in [0.3, 0.4) is 0 Å². The fourth-order valence-corrected chi connectivity index (χ4v) is 11.4. The van der Waals surface area contributed by atoms with Crippen molar-refractivity contribution in [2.75, 3.05) is 13.2 Å². The third-order valence-corrected chi connectivity index (χ3v) is 16.7. The summed E-state index contributed by atoms with van der Waals surface area (Å²) in [5.74, 6) is -1.44. The van der Waals surface area contributed by atoms with Crippen molar-refractivity contribution < 1.29 is 42.9 Å². The summed E-state index contributed by atoms with van der Waals surface area (Å²) in [5, 5.41) is 0. The molecule has 0 bridgehead atoms. The fourth-order valence-electron chi connectivity index (χ4n) is 11.4. The zero-order valence-corrected chi connectivity index (χ0v) is 53.0. The molecule has 0 unspecified atom stereocenters. The summed E-state index contributed by atoms with van der Waals surface area (Å²) in [6, 6.07) is 0. The van der Waals surface area contributed by atoms with E-state index in [0.29, 0.717) is 19.3 Å². The average molecular weight is 1120 g/mol. The molecule has 9 nitrogen and oxygen atoms in total. The maximum Gasteiger partial charge on any atom is 0.306 e. The monoisotopic (exact) mass is 1120 g/mol. The number of unbranched alkanes of at least 4 members (excludes halogenated alkanes) is 48. The molecule has 0 aliphatic carbocycles. The first-order valence-electron chi connectivity index (χ1n) is 35.2. The molecule has 466 valence electrons. The summed E-state index contributed by atoms with van der Waals surface area (Å²) in [7, 11) is 0. The molecule has 0 aromatic rings. The molecule has 79 heavy (non-hydrogen) atoms. The van der Waals surface area contributed by atoms with Crippen molar-refractivity contribution in [1.29, 1.82) is 0 Å². The minimum atomic E-state index is -1.01. The van der Waals surface area contributed by atoms with E-state index in [1.54, 1.807) is 0 Å². The van der Waals surface area contributed by atoms with Gasteiger partial charge in [0.1, 0.15) is 12.7 Å². The number of hydrogen-bond acceptors (Lipinski definition) is 9. The van der Waals surface area contributed by atoms with Crippen LogP contribution in [0.15, 0.2) is 0 Å². The van der Waals surface area contributed by atoms with E-state index < -0.39 is 24.4 Å². The zero-order valence-electron chi connectivity index (χ0n) is 53.0. The summed E-state index contributed by atoms with van der Waals surface area (Å²) in [6.45, 7) is 8.85. The Balaban J connectivity index is 2.87. The topological polar surface area (TPSA) is 114 Å². The quantitative estimate of drug-likeness (QED) is 0.0334. The molecule has 9 heteroatoms. The van der Waals surface area contributed by atoms with Gasteiger partial charge in [-0.25, -0.2) is 0 Å². The molecule has 4 atom stereocenters. The highest BCUT2D eigenvalue weighted by Crippen LogP contribution is 2.28. The molecule has 0 radical (unpaired) electrons. The molecule has 0 aromatic heterocycles. The summed E-state index contributed by atoms with van der Waals surface area (Å²) in [5.41, 5.74) is 0. The van der Waals surface area contributed by atoms with Crippen LogP contribution in [0.5, 0.6) is 0 Å².